The molecule has 1 nitrogen and oxygen atoms in total. The molecule has 0 N–H and O–H groups in total. The van der Waals surface area contributed by atoms with Crippen molar-refractivity contribution in [3.8, 4) is 0 Å². The predicted molar refractivity (Wildman–Crippen MR) is 159 cm³/mol. The van der Waals surface area contributed by atoms with Gasteiger partial charge in [-0.15, -0.1) is 0 Å². The van der Waals surface area contributed by atoms with Gasteiger partial charge in [-0.3, -0.25) is 4.79 Å². The predicted octanol–water partition coefficient (Wildman–Crippen LogP) is 10.1. The molecule has 0 amide bonds. The number of aryl methyl sites for hydroxylation is 2. The van der Waals surface area contributed by atoms with Crippen molar-refractivity contribution in [3.63, 3.8) is 0 Å². The molecular weight excluding hydrogens is 436 g/mol. The van der Waals surface area contributed by atoms with Crippen LogP contribution in [0.5, 0.6) is 0 Å². The second-order valence-electron chi connectivity index (χ2n) is 9.60. The summed E-state index contributed by atoms with van der Waals surface area (Å²) in [6.45, 7) is 15.2. The first-order valence-corrected chi connectivity index (χ1v) is 14.1. The lowest BCUT2D eigenvalue weighted by atomic mass is 9.65. The molecule has 3 aromatic carbocycles. The number of rotatable bonds is 11. The van der Waals surface area contributed by atoms with Gasteiger partial charge in [0, 0.05) is 18.3 Å². The van der Waals surface area contributed by atoms with E-state index in [2.05, 4.69) is 113 Å². The van der Waals surface area contributed by atoms with Crippen molar-refractivity contribution in [3.05, 3.63) is 107 Å². The van der Waals surface area contributed by atoms with Crippen molar-refractivity contribution in [2.45, 2.75) is 98.8 Å². The fourth-order valence-electron chi connectivity index (χ4n) is 4.90. The van der Waals surface area contributed by atoms with E-state index in [0.29, 0.717) is 18.1 Å². The Bertz CT molecular complexity index is 901. The van der Waals surface area contributed by atoms with E-state index < -0.39 is 0 Å². The van der Waals surface area contributed by atoms with E-state index >= 15 is 0 Å². The Morgan fingerprint density at radius 3 is 1.64 bits per heavy atom. The zero-order valence-corrected chi connectivity index (χ0v) is 24.0. The summed E-state index contributed by atoms with van der Waals surface area (Å²) in [7, 11) is 0. The van der Waals surface area contributed by atoms with Crippen molar-refractivity contribution < 1.29 is 4.79 Å². The van der Waals surface area contributed by atoms with Crippen LogP contribution in [0.25, 0.3) is 0 Å². The minimum absolute atomic E-state index is 0.104. The monoisotopic (exact) mass is 486 g/mol. The Balaban J connectivity index is 0.000000356. The SMILES string of the molecule is CC.CCCC(=O)CCc1ccc(C)cc1.CCCC(CC)C(C)(c1ccccc1)c1ccccc1. The van der Waals surface area contributed by atoms with Gasteiger partial charge in [0.1, 0.15) is 5.78 Å². The fourth-order valence-corrected chi connectivity index (χ4v) is 4.90. The topological polar surface area (TPSA) is 17.1 Å². The van der Waals surface area contributed by atoms with Gasteiger partial charge in [0.05, 0.1) is 0 Å². The van der Waals surface area contributed by atoms with Crippen LogP contribution in [0.2, 0.25) is 0 Å². The van der Waals surface area contributed by atoms with Crippen LogP contribution in [0.4, 0.5) is 0 Å². The summed E-state index contributed by atoms with van der Waals surface area (Å²) in [6, 6.07) is 30.4. The molecule has 0 saturated heterocycles. The zero-order chi connectivity index (χ0) is 26.8. The molecule has 0 spiro atoms. The Morgan fingerprint density at radius 1 is 0.722 bits per heavy atom. The molecular formula is C35H50O. The van der Waals surface area contributed by atoms with Crippen molar-refractivity contribution in [1.82, 2.24) is 0 Å². The zero-order valence-electron chi connectivity index (χ0n) is 24.0. The summed E-state index contributed by atoms with van der Waals surface area (Å²) >= 11 is 0. The Morgan fingerprint density at radius 2 is 1.22 bits per heavy atom. The first-order chi connectivity index (χ1) is 17.4. The van der Waals surface area contributed by atoms with E-state index in [1.54, 1.807) is 0 Å². The Labute approximate surface area is 222 Å². The van der Waals surface area contributed by atoms with Crippen LogP contribution in [0.1, 0.15) is 102 Å². The standard InChI is InChI=1S/C20H26.C13H18O.C2H6/c1-4-12-17(5-2)20(3,18-13-8-6-9-14-18)19-15-10-7-11-16-19;1-3-4-13(14)10-9-12-7-5-11(2)6-8-12;1-2/h6-11,13-17H,4-5,12H2,1-3H3;5-8H,3-4,9-10H2,1-2H3;1-2H3. The average molecular weight is 487 g/mol. The molecule has 3 rings (SSSR count). The van der Waals surface area contributed by atoms with Crippen LogP contribution in [0.15, 0.2) is 84.9 Å². The van der Waals surface area contributed by atoms with Gasteiger partial charge in [0.25, 0.3) is 0 Å². The summed E-state index contributed by atoms with van der Waals surface area (Å²) in [6.07, 6.45) is 7.01. The number of Topliss-reactive ketones (excluding diaryl/α,β-unsaturated/α-hetero) is 1. The van der Waals surface area contributed by atoms with Crippen LogP contribution < -0.4 is 0 Å². The molecule has 0 aliphatic heterocycles. The van der Waals surface area contributed by atoms with E-state index in [1.165, 1.54) is 41.5 Å². The second-order valence-corrected chi connectivity index (χ2v) is 9.60. The fraction of sp³-hybridized carbons (Fsp3) is 0.457. The summed E-state index contributed by atoms with van der Waals surface area (Å²) < 4.78 is 0. The van der Waals surface area contributed by atoms with Crippen LogP contribution in [0, 0.1) is 12.8 Å². The smallest absolute Gasteiger partial charge is 0.133 e. The summed E-state index contributed by atoms with van der Waals surface area (Å²) in [5.41, 5.74) is 5.51. The molecule has 1 unspecified atom stereocenters. The number of benzene rings is 3. The van der Waals surface area contributed by atoms with E-state index in [4.69, 9.17) is 0 Å². The molecule has 0 aromatic heterocycles. The molecule has 0 saturated carbocycles. The van der Waals surface area contributed by atoms with Crippen LogP contribution in [0.3, 0.4) is 0 Å². The number of hydrogen-bond acceptors (Lipinski definition) is 1. The molecule has 0 fully saturated rings. The highest BCUT2D eigenvalue weighted by Crippen LogP contribution is 2.42. The Kier molecular flexibility index (Phi) is 15.4. The number of hydrogen-bond donors (Lipinski definition) is 0. The van der Waals surface area contributed by atoms with Crippen LogP contribution in [-0.2, 0) is 16.6 Å². The first-order valence-electron chi connectivity index (χ1n) is 14.1. The number of carbonyl (C=O) groups excluding carboxylic acids is 1. The summed E-state index contributed by atoms with van der Waals surface area (Å²) in [4.78, 5) is 11.3. The van der Waals surface area contributed by atoms with Crippen molar-refractivity contribution in [2.24, 2.45) is 5.92 Å². The average Bonchev–Trinajstić information content (AvgIpc) is 2.93. The summed E-state index contributed by atoms with van der Waals surface area (Å²) in [5.74, 6) is 1.06. The van der Waals surface area contributed by atoms with Gasteiger partial charge >= 0.3 is 0 Å². The molecule has 196 valence electrons. The quantitative estimate of drug-likeness (QED) is 0.263. The first kappa shape index (κ1) is 31.4. The molecule has 0 aliphatic rings. The lowest BCUT2D eigenvalue weighted by Crippen LogP contribution is -2.33. The molecule has 1 atom stereocenters. The van der Waals surface area contributed by atoms with Gasteiger partial charge < -0.3 is 0 Å². The van der Waals surface area contributed by atoms with Gasteiger partial charge in [-0.2, -0.15) is 0 Å². The van der Waals surface area contributed by atoms with Crippen LogP contribution in [-0.4, -0.2) is 5.78 Å². The maximum atomic E-state index is 11.3. The van der Waals surface area contributed by atoms with E-state index in [9.17, 15) is 4.79 Å². The van der Waals surface area contributed by atoms with Crippen molar-refractivity contribution in [2.75, 3.05) is 0 Å². The Hall–Kier alpha value is -2.67. The van der Waals surface area contributed by atoms with Gasteiger partial charge in [0.2, 0.25) is 0 Å². The molecule has 0 heterocycles. The third kappa shape index (κ3) is 9.76. The maximum Gasteiger partial charge on any atom is 0.133 e. The lowest BCUT2D eigenvalue weighted by Gasteiger charge is -2.39. The molecule has 36 heavy (non-hydrogen) atoms. The van der Waals surface area contributed by atoms with Crippen molar-refractivity contribution in [1.29, 1.82) is 0 Å². The number of ketones is 1. The largest absolute Gasteiger partial charge is 0.300 e. The van der Waals surface area contributed by atoms with E-state index in [0.717, 1.165) is 19.3 Å². The molecule has 3 aromatic rings. The van der Waals surface area contributed by atoms with Gasteiger partial charge in [0.15, 0.2) is 0 Å². The molecule has 0 bridgehead atoms. The van der Waals surface area contributed by atoms with Gasteiger partial charge in [-0.25, -0.2) is 0 Å². The normalized spacial score (nSPS) is 11.4. The highest BCUT2D eigenvalue weighted by Gasteiger charge is 2.35. The third-order valence-corrected chi connectivity index (χ3v) is 7.04. The van der Waals surface area contributed by atoms with Gasteiger partial charge in [-0.1, -0.05) is 145 Å². The van der Waals surface area contributed by atoms with Crippen LogP contribution >= 0.6 is 0 Å². The minimum Gasteiger partial charge on any atom is -0.300 e. The molecule has 1 heteroatoms. The molecule has 0 radical (unpaired) electrons. The maximum absolute atomic E-state index is 11.3. The van der Waals surface area contributed by atoms with Crippen molar-refractivity contribution >= 4 is 5.78 Å². The van der Waals surface area contributed by atoms with E-state index in [1.807, 2.05) is 20.8 Å². The second kappa shape index (κ2) is 17.7. The van der Waals surface area contributed by atoms with Gasteiger partial charge in [-0.05, 0) is 48.8 Å². The van der Waals surface area contributed by atoms with E-state index in [-0.39, 0.29) is 5.41 Å². The third-order valence-electron chi connectivity index (χ3n) is 7.04. The highest BCUT2D eigenvalue weighted by atomic mass is 16.1. The lowest BCUT2D eigenvalue weighted by molar-refractivity contribution is -0.119. The molecule has 0 aliphatic carbocycles. The minimum atomic E-state index is 0.104. The number of carbonyl (C=O) groups is 1. The highest BCUT2D eigenvalue weighted by molar-refractivity contribution is 5.78. The summed E-state index contributed by atoms with van der Waals surface area (Å²) in [5, 5.41) is 0.